The third-order valence-corrected chi connectivity index (χ3v) is 3.79. The van der Waals surface area contributed by atoms with Gasteiger partial charge >= 0.3 is 0 Å². The maximum absolute atomic E-state index is 12.2. The molecule has 0 saturated carbocycles. The Morgan fingerprint density at radius 1 is 1.04 bits per heavy atom. The Hall–Kier alpha value is -2.73. The number of nitrogens with one attached hydrogen (secondary N) is 1. The van der Waals surface area contributed by atoms with Gasteiger partial charge in [-0.3, -0.25) is 4.79 Å². The van der Waals surface area contributed by atoms with Crippen LogP contribution in [0.5, 0.6) is 17.2 Å². The average Bonchev–Trinajstić information content (AvgIpc) is 2.60. The molecule has 0 aliphatic rings. The second-order valence-corrected chi connectivity index (χ2v) is 5.54. The first-order chi connectivity index (χ1) is 12.0. The lowest BCUT2D eigenvalue weighted by molar-refractivity contribution is 0.0955. The number of hydrazone groups is 1. The van der Waals surface area contributed by atoms with Crippen molar-refractivity contribution in [2.75, 3.05) is 21.3 Å². The monoisotopic (exact) mass is 362 g/mol. The number of amides is 1. The Morgan fingerprint density at radius 3 is 2.28 bits per heavy atom. The van der Waals surface area contributed by atoms with Crippen LogP contribution in [-0.2, 0) is 0 Å². The van der Waals surface area contributed by atoms with Gasteiger partial charge in [0, 0.05) is 11.6 Å². The highest BCUT2D eigenvalue weighted by Crippen LogP contribution is 2.33. The molecule has 2 rings (SSSR count). The predicted molar refractivity (Wildman–Crippen MR) is 97.3 cm³/mol. The molecule has 132 valence electrons. The summed E-state index contributed by atoms with van der Waals surface area (Å²) < 4.78 is 15.8. The number of benzene rings is 2. The Labute approximate surface area is 151 Å². The number of aryl methyl sites for hydroxylation is 1. The molecule has 7 heteroatoms. The first-order valence-corrected chi connectivity index (χ1v) is 7.77. The van der Waals surface area contributed by atoms with Crippen molar-refractivity contribution in [3.63, 3.8) is 0 Å². The van der Waals surface area contributed by atoms with Gasteiger partial charge in [0.05, 0.1) is 38.1 Å². The van der Waals surface area contributed by atoms with Gasteiger partial charge in [-0.05, 0) is 30.7 Å². The van der Waals surface area contributed by atoms with Crippen molar-refractivity contribution in [1.29, 1.82) is 0 Å². The summed E-state index contributed by atoms with van der Waals surface area (Å²) in [5.74, 6) is 1.19. The lowest BCUT2D eigenvalue weighted by Gasteiger charge is -2.11. The lowest BCUT2D eigenvalue weighted by Crippen LogP contribution is -2.18. The summed E-state index contributed by atoms with van der Waals surface area (Å²) in [6.07, 6.45) is 1.46. The Bertz CT molecular complexity index is 806. The summed E-state index contributed by atoms with van der Waals surface area (Å²) in [6, 6.07) is 8.56. The average molecular weight is 363 g/mol. The van der Waals surface area contributed by atoms with E-state index in [4.69, 9.17) is 25.8 Å². The molecular formula is C18H19ClN2O4. The minimum Gasteiger partial charge on any atom is -0.496 e. The van der Waals surface area contributed by atoms with Crippen LogP contribution in [0.1, 0.15) is 21.5 Å². The van der Waals surface area contributed by atoms with E-state index in [2.05, 4.69) is 10.5 Å². The summed E-state index contributed by atoms with van der Waals surface area (Å²) in [7, 11) is 4.60. The summed E-state index contributed by atoms with van der Waals surface area (Å²) in [5, 5.41) is 4.33. The van der Waals surface area contributed by atoms with Crippen LogP contribution in [0.4, 0.5) is 0 Å². The number of ether oxygens (including phenoxy) is 3. The van der Waals surface area contributed by atoms with Gasteiger partial charge in [-0.1, -0.05) is 17.7 Å². The number of hydrogen-bond donors (Lipinski definition) is 1. The van der Waals surface area contributed by atoms with Crippen molar-refractivity contribution in [3.8, 4) is 17.2 Å². The minimum atomic E-state index is -0.402. The molecule has 2 aromatic rings. The summed E-state index contributed by atoms with van der Waals surface area (Å²) in [6.45, 7) is 1.90. The quantitative estimate of drug-likeness (QED) is 0.631. The van der Waals surface area contributed by atoms with Crippen LogP contribution in [0.25, 0.3) is 0 Å². The number of nitrogens with zero attached hydrogens (tertiary/aromatic N) is 1. The molecule has 1 amide bonds. The van der Waals surface area contributed by atoms with Gasteiger partial charge < -0.3 is 14.2 Å². The number of methoxy groups -OCH3 is 3. The Balaban J connectivity index is 2.20. The van der Waals surface area contributed by atoms with E-state index >= 15 is 0 Å². The zero-order valence-corrected chi connectivity index (χ0v) is 15.2. The van der Waals surface area contributed by atoms with Gasteiger partial charge in [-0.25, -0.2) is 5.43 Å². The van der Waals surface area contributed by atoms with Gasteiger partial charge in [0.15, 0.2) is 11.5 Å². The maximum atomic E-state index is 12.2. The fraction of sp³-hybridized carbons (Fsp3) is 0.222. The normalized spacial score (nSPS) is 10.6. The van der Waals surface area contributed by atoms with Gasteiger partial charge in [-0.15, -0.1) is 0 Å². The largest absolute Gasteiger partial charge is 0.496 e. The van der Waals surface area contributed by atoms with E-state index in [1.54, 1.807) is 24.3 Å². The molecule has 0 spiro atoms. The van der Waals surface area contributed by atoms with Crippen LogP contribution >= 0.6 is 11.6 Å². The lowest BCUT2D eigenvalue weighted by atomic mass is 10.1. The molecule has 0 atom stereocenters. The molecule has 0 aliphatic carbocycles. The minimum absolute atomic E-state index is 0.351. The first-order valence-electron chi connectivity index (χ1n) is 7.39. The number of rotatable bonds is 6. The molecule has 0 saturated heterocycles. The third-order valence-electron chi connectivity index (χ3n) is 3.47. The fourth-order valence-electron chi connectivity index (χ4n) is 2.18. The number of carbonyl (C=O) groups excluding carboxylic acids is 1. The third kappa shape index (κ3) is 4.42. The summed E-state index contributed by atoms with van der Waals surface area (Å²) >= 11 is 6.08. The molecule has 0 bridgehead atoms. The van der Waals surface area contributed by atoms with Crippen molar-refractivity contribution in [3.05, 3.63) is 52.0 Å². The summed E-state index contributed by atoms with van der Waals surface area (Å²) in [5.41, 5.74) is 4.39. The van der Waals surface area contributed by atoms with Crippen molar-refractivity contribution < 1.29 is 19.0 Å². The van der Waals surface area contributed by atoms with E-state index in [1.807, 2.05) is 13.0 Å². The van der Waals surface area contributed by atoms with Crippen molar-refractivity contribution >= 4 is 23.7 Å². The molecule has 0 heterocycles. The standard InChI is InChI=1S/C18H19ClN2O4/c1-11-5-6-13(14(19)7-11)18(22)21-20-10-12-8-16(24-3)17(25-4)9-15(12)23-2/h5-10H,1-4H3,(H,21,22)/b20-10-. The zero-order chi connectivity index (χ0) is 18.4. The molecule has 1 N–H and O–H groups in total. The van der Waals surface area contributed by atoms with Crippen LogP contribution < -0.4 is 19.6 Å². The molecule has 2 aromatic carbocycles. The van der Waals surface area contributed by atoms with E-state index in [1.165, 1.54) is 27.5 Å². The van der Waals surface area contributed by atoms with Gasteiger partial charge in [0.2, 0.25) is 0 Å². The molecule has 0 radical (unpaired) electrons. The molecule has 0 aromatic heterocycles. The fourth-order valence-corrected chi connectivity index (χ4v) is 2.50. The topological polar surface area (TPSA) is 69.2 Å². The maximum Gasteiger partial charge on any atom is 0.272 e. The number of halogens is 1. The number of carbonyl (C=O) groups is 1. The zero-order valence-electron chi connectivity index (χ0n) is 14.4. The summed E-state index contributed by atoms with van der Waals surface area (Å²) in [4.78, 5) is 12.2. The second kappa shape index (κ2) is 8.39. The van der Waals surface area contributed by atoms with Crippen molar-refractivity contribution in [2.24, 2.45) is 5.10 Å². The molecule has 0 fully saturated rings. The molecule has 0 aliphatic heterocycles. The first kappa shape index (κ1) is 18.6. The smallest absolute Gasteiger partial charge is 0.272 e. The SMILES string of the molecule is COc1cc(OC)c(OC)cc1/C=N\NC(=O)c1ccc(C)cc1Cl. The van der Waals surface area contributed by atoms with E-state index < -0.39 is 5.91 Å². The van der Waals surface area contributed by atoms with Crippen LogP contribution in [0.15, 0.2) is 35.4 Å². The molecule has 0 unspecified atom stereocenters. The highest BCUT2D eigenvalue weighted by molar-refractivity contribution is 6.33. The Morgan fingerprint density at radius 2 is 1.68 bits per heavy atom. The van der Waals surface area contributed by atoms with Gasteiger partial charge in [0.1, 0.15) is 5.75 Å². The molecular weight excluding hydrogens is 344 g/mol. The van der Waals surface area contributed by atoms with E-state index in [0.29, 0.717) is 33.4 Å². The van der Waals surface area contributed by atoms with E-state index in [9.17, 15) is 4.79 Å². The highest BCUT2D eigenvalue weighted by atomic mass is 35.5. The van der Waals surface area contributed by atoms with Crippen molar-refractivity contribution in [1.82, 2.24) is 5.43 Å². The second-order valence-electron chi connectivity index (χ2n) is 5.13. The van der Waals surface area contributed by atoms with Crippen LogP contribution in [0, 0.1) is 6.92 Å². The highest BCUT2D eigenvalue weighted by Gasteiger charge is 2.12. The van der Waals surface area contributed by atoms with E-state index in [0.717, 1.165) is 5.56 Å². The van der Waals surface area contributed by atoms with Crippen LogP contribution in [-0.4, -0.2) is 33.5 Å². The molecule has 25 heavy (non-hydrogen) atoms. The van der Waals surface area contributed by atoms with Gasteiger partial charge in [0.25, 0.3) is 5.91 Å². The van der Waals surface area contributed by atoms with Crippen molar-refractivity contribution in [2.45, 2.75) is 6.92 Å². The number of hydrogen-bond acceptors (Lipinski definition) is 5. The Kier molecular flexibility index (Phi) is 6.25. The predicted octanol–water partition coefficient (Wildman–Crippen LogP) is 3.44. The van der Waals surface area contributed by atoms with Gasteiger partial charge in [-0.2, -0.15) is 5.10 Å². The van der Waals surface area contributed by atoms with E-state index in [-0.39, 0.29) is 0 Å². The van der Waals surface area contributed by atoms with Crippen LogP contribution in [0.3, 0.4) is 0 Å². The molecule has 6 nitrogen and oxygen atoms in total. The van der Waals surface area contributed by atoms with Crippen LogP contribution in [0.2, 0.25) is 5.02 Å².